The van der Waals surface area contributed by atoms with E-state index in [1.165, 1.54) is 6.39 Å². The molecule has 2 rings (SSSR count). The Balaban J connectivity index is 1.85. The molecule has 88 valence electrons. The van der Waals surface area contributed by atoms with Gasteiger partial charge in [-0.2, -0.15) is 4.98 Å². The van der Waals surface area contributed by atoms with Gasteiger partial charge in [0.25, 0.3) is 5.91 Å². The van der Waals surface area contributed by atoms with Gasteiger partial charge in [0, 0.05) is 24.7 Å². The Morgan fingerprint density at radius 1 is 1.47 bits per heavy atom. The Kier molecular flexibility index (Phi) is 3.81. The number of nitrogens with zero attached hydrogens (tertiary/aromatic N) is 3. The van der Waals surface area contributed by atoms with Crippen molar-refractivity contribution in [1.82, 2.24) is 20.4 Å². The lowest BCUT2D eigenvalue weighted by molar-refractivity contribution is 0.0953. The van der Waals surface area contributed by atoms with E-state index in [0.29, 0.717) is 29.0 Å². The van der Waals surface area contributed by atoms with Crippen LogP contribution in [0.2, 0.25) is 0 Å². The molecule has 0 aliphatic heterocycles. The van der Waals surface area contributed by atoms with Crippen LogP contribution in [-0.2, 0) is 6.42 Å². The van der Waals surface area contributed by atoms with Crippen molar-refractivity contribution in [3.8, 4) is 0 Å². The average Bonchev–Trinajstić information content (AvgIpc) is 2.82. The number of aromatic nitrogens is 3. The summed E-state index contributed by atoms with van der Waals surface area (Å²) in [6.45, 7) is 0.457. The van der Waals surface area contributed by atoms with Crippen molar-refractivity contribution in [2.45, 2.75) is 6.42 Å². The second kappa shape index (κ2) is 5.53. The second-order valence-corrected chi connectivity index (χ2v) is 4.03. The van der Waals surface area contributed by atoms with Gasteiger partial charge in [0.15, 0.2) is 5.82 Å². The number of rotatable bonds is 4. The van der Waals surface area contributed by atoms with E-state index < -0.39 is 0 Å². The molecule has 6 nitrogen and oxygen atoms in total. The maximum absolute atomic E-state index is 11.7. The van der Waals surface area contributed by atoms with E-state index >= 15 is 0 Å². The molecule has 2 heterocycles. The highest BCUT2D eigenvalue weighted by Gasteiger charge is 2.06. The van der Waals surface area contributed by atoms with Crippen molar-refractivity contribution in [2.24, 2.45) is 0 Å². The molecule has 0 saturated heterocycles. The summed E-state index contributed by atoms with van der Waals surface area (Å²) in [7, 11) is 0. The molecule has 0 bridgehead atoms. The SMILES string of the molecule is O=C(NCCc1ncon1)c1ccnc(Br)c1. The van der Waals surface area contributed by atoms with Crippen molar-refractivity contribution in [1.29, 1.82) is 0 Å². The standard InChI is InChI=1S/C10H9BrN4O2/c11-8-5-7(1-3-12-8)10(16)13-4-2-9-14-6-17-15-9/h1,3,5-6H,2,4H2,(H,13,16). The Hall–Kier alpha value is -1.76. The Morgan fingerprint density at radius 3 is 3.06 bits per heavy atom. The summed E-state index contributed by atoms with van der Waals surface area (Å²) in [4.78, 5) is 19.5. The molecule has 0 spiro atoms. The summed E-state index contributed by atoms with van der Waals surface area (Å²) in [5.74, 6) is 0.415. The molecule has 0 aliphatic rings. The third-order valence-corrected chi connectivity index (χ3v) is 2.46. The molecule has 0 unspecified atom stereocenters. The van der Waals surface area contributed by atoms with Crippen LogP contribution in [0.5, 0.6) is 0 Å². The van der Waals surface area contributed by atoms with Crippen LogP contribution in [0.15, 0.2) is 33.8 Å². The van der Waals surface area contributed by atoms with Gasteiger partial charge in [-0.3, -0.25) is 4.79 Å². The zero-order valence-corrected chi connectivity index (χ0v) is 10.3. The normalized spacial score (nSPS) is 10.2. The van der Waals surface area contributed by atoms with Gasteiger partial charge in [-0.25, -0.2) is 4.98 Å². The van der Waals surface area contributed by atoms with Crippen molar-refractivity contribution < 1.29 is 9.32 Å². The van der Waals surface area contributed by atoms with Crippen molar-refractivity contribution in [3.63, 3.8) is 0 Å². The fourth-order valence-corrected chi connectivity index (χ4v) is 1.60. The van der Waals surface area contributed by atoms with Crippen LogP contribution in [0.1, 0.15) is 16.2 Å². The Morgan fingerprint density at radius 2 is 2.35 bits per heavy atom. The first-order chi connectivity index (χ1) is 8.25. The molecule has 2 aromatic heterocycles. The van der Waals surface area contributed by atoms with Crippen LogP contribution in [0.4, 0.5) is 0 Å². The highest BCUT2D eigenvalue weighted by Crippen LogP contribution is 2.07. The van der Waals surface area contributed by atoms with Gasteiger partial charge in [-0.1, -0.05) is 5.16 Å². The first kappa shape index (κ1) is 11.7. The molecular weight excluding hydrogens is 288 g/mol. The predicted molar refractivity (Wildman–Crippen MR) is 62.3 cm³/mol. The highest BCUT2D eigenvalue weighted by atomic mass is 79.9. The van der Waals surface area contributed by atoms with E-state index in [-0.39, 0.29) is 5.91 Å². The molecule has 0 saturated carbocycles. The Bertz CT molecular complexity index is 501. The van der Waals surface area contributed by atoms with Crippen molar-refractivity contribution in [2.75, 3.05) is 6.54 Å². The fourth-order valence-electron chi connectivity index (χ4n) is 1.24. The van der Waals surface area contributed by atoms with E-state index in [4.69, 9.17) is 0 Å². The lowest BCUT2D eigenvalue weighted by Crippen LogP contribution is -2.25. The van der Waals surface area contributed by atoms with E-state index in [1.54, 1.807) is 18.3 Å². The third-order valence-electron chi connectivity index (χ3n) is 2.03. The van der Waals surface area contributed by atoms with Crippen LogP contribution >= 0.6 is 15.9 Å². The van der Waals surface area contributed by atoms with Crippen molar-refractivity contribution >= 4 is 21.8 Å². The summed E-state index contributed by atoms with van der Waals surface area (Å²) in [5, 5.41) is 6.40. The molecule has 1 N–H and O–H groups in total. The average molecular weight is 297 g/mol. The lowest BCUT2D eigenvalue weighted by Gasteiger charge is -2.03. The Labute approximate surface area is 106 Å². The zero-order chi connectivity index (χ0) is 12.1. The number of amides is 1. The summed E-state index contributed by atoms with van der Waals surface area (Å²) < 4.78 is 5.21. The van der Waals surface area contributed by atoms with Crippen LogP contribution in [0.3, 0.4) is 0 Å². The van der Waals surface area contributed by atoms with Crippen LogP contribution < -0.4 is 5.32 Å². The van der Waals surface area contributed by atoms with Gasteiger partial charge in [0.1, 0.15) is 4.60 Å². The summed E-state index contributed by atoms with van der Waals surface area (Å²) in [6.07, 6.45) is 3.36. The van der Waals surface area contributed by atoms with Gasteiger partial charge < -0.3 is 9.84 Å². The minimum absolute atomic E-state index is 0.156. The number of hydrogen-bond donors (Lipinski definition) is 1. The molecule has 17 heavy (non-hydrogen) atoms. The largest absolute Gasteiger partial charge is 0.352 e. The molecule has 1 amide bonds. The number of hydrogen-bond acceptors (Lipinski definition) is 5. The van der Waals surface area contributed by atoms with Gasteiger partial charge in [-0.05, 0) is 28.1 Å². The fraction of sp³-hybridized carbons (Fsp3) is 0.200. The van der Waals surface area contributed by atoms with Gasteiger partial charge in [0.2, 0.25) is 6.39 Å². The maximum Gasteiger partial charge on any atom is 0.251 e. The molecular formula is C10H9BrN4O2. The molecule has 0 fully saturated rings. The predicted octanol–water partition coefficient (Wildman–Crippen LogP) is 1.20. The van der Waals surface area contributed by atoms with E-state index in [1.807, 2.05) is 0 Å². The van der Waals surface area contributed by atoms with Crippen LogP contribution in [0, 0.1) is 0 Å². The molecule has 2 aromatic rings. The monoisotopic (exact) mass is 296 g/mol. The molecule has 7 heteroatoms. The topological polar surface area (TPSA) is 80.9 Å². The highest BCUT2D eigenvalue weighted by molar-refractivity contribution is 9.10. The van der Waals surface area contributed by atoms with Crippen LogP contribution in [0.25, 0.3) is 0 Å². The lowest BCUT2D eigenvalue weighted by atomic mass is 10.2. The first-order valence-corrected chi connectivity index (χ1v) is 5.70. The van der Waals surface area contributed by atoms with Gasteiger partial charge >= 0.3 is 0 Å². The summed E-state index contributed by atoms with van der Waals surface area (Å²) in [6, 6.07) is 3.30. The smallest absolute Gasteiger partial charge is 0.251 e. The first-order valence-electron chi connectivity index (χ1n) is 4.91. The van der Waals surface area contributed by atoms with Crippen LogP contribution in [-0.4, -0.2) is 27.6 Å². The van der Waals surface area contributed by atoms with Gasteiger partial charge in [0.05, 0.1) is 0 Å². The molecule has 0 aliphatic carbocycles. The third kappa shape index (κ3) is 3.35. The van der Waals surface area contributed by atoms with E-state index in [9.17, 15) is 4.79 Å². The molecule has 0 aromatic carbocycles. The molecule has 0 atom stereocenters. The van der Waals surface area contributed by atoms with Crippen molar-refractivity contribution in [3.05, 3.63) is 40.7 Å². The minimum atomic E-state index is -0.156. The number of halogens is 1. The van der Waals surface area contributed by atoms with E-state index in [0.717, 1.165) is 0 Å². The number of carbonyl (C=O) groups is 1. The maximum atomic E-state index is 11.7. The minimum Gasteiger partial charge on any atom is -0.352 e. The summed E-state index contributed by atoms with van der Waals surface area (Å²) in [5.41, 5.74) is 0.556. The number of pyridine rings is 1. The quantitative estimate of drug-likeness (QED) is 0.858. The number of nitrogens with one attached hydrogen (secondary N) is 1. The van der Waals surface area contributed by atoms with Gasteiger partial charge in [-0.15, -0.1) is 0 Å². The summed E-state index contributed by atoms with van der Waals surface area (Å²) >= 11 is 3.21. The zero-order valence-electron chi connectivity index (χ0n) is 8.76. The van der Waals surface area contributed by atoms with E-state index in [2.05, 4.69) is 40.9 Å². The molecule has 0 radical (unpaired) electrons. The number of carbonyl (C=O) groups excluding carboxylic acids is 1. The second-order valence-electron chi connectivity index (χ2n) is 3.22.